The van der Waals surface area contributed by atoms with Gasteiger partial charge in [-0.1, -0.05) is 18.2 Å². The fraction of sp³-hybridized carbons (Fsp3) is 0.286. The monoisotopic (exact) mass is 603 g/mol. The van der Waals surface area contributed by atoms with Gasteiger partial charge in [-0.15, -0.1) is 0 Å². The highest BCUT2D eigenvalue weighted by molar-refractivity contribution is 7.31. The number of benzene rings is 2. The molecule has 14 heteroatoms. The highest BCUT2D eigenvalue weighted by Crippen LogP contribution is 2.36. The van der Waals surface area contributed by atoms with E-state index in [1.54, 1.807) is 55.3 Å². The molecule has 42 heavy (non-hydrogen) atoms. The zero-order chi connectivity index (χ0) is 30.7. The Bertz CT molecular complexity index is 1460. The maximum atomic E-state index is 13.9. The van der Waals surface area contributed by atoms with Crippen LogP contribution in [-0.4, -0.2) is 51.0 Å². The number of nitrogens with zero attached hydrogens (tertiary/aromatic N) is 4. The van der Waals surface area contributed by atoms with Gasteiger partial charge >= 0.3 is 6.18 Å². The van der Waals surface area contributed by atoms with Crippen LogP contribution in [0.3, 0.4) is 0 Å². The SMILES string of the molecule is CCO.CCOPCc1ccc(Nc2ncc(C(F)(F)F)c(Nc3ccc(-c4cnn(C)c4)cc3C(=O)NC)n2)cc1. The average molecular weight is 604 g/mol. The number of alkyl halides is 3. The fourth-order valence-corrected chi connectivity index (χ4v) is 4.38. The summed E-state index contributed by atoms with van der Waals surface area (Å²) < 4.78 is 48.6. The van der Waals surface area contributed by atoms with Crippen molar-refractivity contribution in [1.82, 2.24) is 25.1 Å². The van der Waals surface area contributed by atoms with Gasteiger partial charge in [-0.3, -0.25) is 9.48 Å². The molecular formula is C28H33F3N7O3P. The van der Waals surface area contributed by atoms with Gasteiger partial charge in [0.2, 0.25) is 5.95 Å². The van der Waals surface area contributed by atoms with Crippen molar-refractivity contribution in [2.75, 3.05) is 30.9 Å². The van der Waals surface area contributed by atoms with Crippen molar-refractivity contribution in [3.05, 3.63) is 77.7 Å². The van der Waals surface area contributed by atoms with Crippen LogP contribution in [0.1, 0.15) is 35.3 Å². The molecule has 4 rings (SSSR count). The van der Waals surface area contributed by atoms with Gasteiger partial charge in [-0.2, -0.15) is 23.3 Å². The van der Waals surface area contributed by atoms with Gasteiger partial charge in [0.05, 0.1) is 17.4 Å². The summed E-state index contributed by atoms with van der Waals surface area (Å²) in [5, 5.41) is 19.9. The van der Waals surface area contributed by atoms with E-state index in [9.17, 15) is 18.0 Å². The minimum atomic E-state index is -4.73. The number of halogens is 3. The lowest BCUT2D eigenvalue weighted by atomic mass is 10.0. The van der Waals surface area contributed by atoms with Gasteiger partial charge in [-0.25, -0.2) is 4.98 Å². The number of nitrogens with one attached hydrogen (secondary N) is 3. The second-order valence-electron chi connectivity index (χ2n) is 8.71. The first kappa shape index (κ1) is 32.5. The van der Waals surface area contributed by atoms with Gasteiger partial charge in [0.25, 0.3) is 5.91 Å². The van der Waals surface area contributed by atoms with Crippen LogP contribution in [0, 0.1) is 0 Å². The minimum absolute atomic E-state index is 0.0390. The van der Waals surface area contributed by atoms with E-state index in [-0.39, 0.29) is 23.8 Å². The number of amides is 1. The van der Waals surface area contributed by atoms with Crippen LogP contribution in [0.5, 0.6) is 0 Å². The Morgan fingerprint density at radius 1 is 1.07 bits per heavy atom. The van der Waals surface area contributed by atoms with E-state index < -0.39 is 23.5 Å². The maximum absolute atomic E-state index is 13.9. The van der Waals surface area contributed by atoms with Crippen molar-refractivity contribution >= 4 is 37.9 Å². The molecule has 0 spiro atoms. The minimum Gasteiger partial charge on any atom is -0.397 e. The lowest BCUT2D eigenvalue weighted by Gasteiger charge is -2.17. The molecule has 10 nitrogen and oxygen atoms in total. The van der Waals surface area contributed by atoms with Crippen LogP contribution in [0.4, 0.5) is 36.3 Å². The number of hydrogen-bond donors (Lipinski definition) is 4. The van der Waals surface area contributed by atoms with E-state index in [4.69, 9.17) is 9.63 Å². The molecular weight excluding hydrogens is 570 g/mol. The first-order valence-corrected chi connectivity index (χ1v) is 14.1. The lowest BCUT2D eigenvalue weighted by molar-refractivity contribution is -0.137. The van der Waals surface area contributed by atoms with Crippen LogP contribution in [0.25, 0.3) is 11.1 Å². The third-order valence-electron chi connectivity index (χ3n) is 5.61. The number of carbonyl (C=O) groups excluding carboxylic acids is 1. The molecule has 4 aromatic rings. The molecule has 4 N–H and O–H groups in total. The summed E-state index contributed by atoms with van der Waals surface area (Å²) in [6, 6.07) is 12.2. The highest BCUT2D eigenvalue weighted by atomic mass is 31.1. The molecule has 0 fully saturated rings. The smallest absolute Gasteiger partial charge is 0.397 e. The van der Waals surface area contributed by atoms with Gasteiger partial charge in [-0.05, 0) is 49.2 Å². The zero-order valence-electron chi connectivity index (χ0n) is 23.6. The van der Waals surface area contributed by atoms with E-state index in [0.29, 0.717) is 32.9 Å². The molecule has 0 saturated heterocycles. The van der Waals surface area contributed by atoms with Crippen molar-refractivity contribution in [3.8, 4) is 11.1 Å². The normalized spacial score (nSPS) is 11.2. The average Bonchev–Trinajstić information content (AvgIpc) is 3.40. The molecule has 0 bridgehead atoms. The second kappa shape index (κ2) is 15.2. The van der Waals surface area contributed by atoms with Crippen LogP contribution < -0.4 is 16.0 Å². The number of anilines is 4. The van der Waals surface area contributed by atoms with Crippen LogP contribution in [0.2, 0.25) is 0 Å². The maximum Gasteiger partial charge on any atom is 0.421 e. The number of aliphatic hydroxyl groups is 1. The molecule has 0 aliphatic carbocycles. The Hall–Kier alpha value is -4.06. The number of aryl methyl sites for hydroxylation is 1. The quantitative estimate of drug-likeness (QED) is 0.131. The molecule has 0 aliphatic heterocycles. The number of aromatic nitrogens is 4. The molecule has 1 unspecified atom stereocenters. The first-order chi connectivity index (χ1) is 20.1. The Kier molecular flexibility index (Phi) is 11.8. The predicted molar refractivity (Wildman–Crippen MR) is 158 cm³/mol. The van der Waals surface area contributed by atoms with E-state index in [1.165, 1.54) is 13.1 Å². The van der Waals surface area contributed by atoms with Gasteiger partial charge < -0.3 is 25.6 Å². The first-order valence-electron chi connectivity index (χ1n) is 13.0. The van der Waals surface area contributed by atoms with E-state index in [0.717, 1.165) is 17.3 Å². The molecule has 1 amide bonds. The molecule has 0 saturated carbocycles. The fourth-order valence-electron chi connectivity index (χ4n) is 3.67. The van der Waals surface area contributed by atoms with Gasteiger partial charge in [0.1, 0.15) is 11.4 Å². The van der Waals surface area contributed by atoms with Crippen LogP contribution in [0.15, 0.2) is 61.1 Å². The molecule has 2 aromatic heterocycles. The molecule has 1 atom stereocenters. The molecule has 0 aliphatic rings. The molecule has 0 radical (unpaired) electrons. The largest absolute Gasteiger partial charge is 0.421 e. The summed E-state index contributed by atoms with van der Waals surface area (Å²) in [5.74, 6) is -1.01. The third-order valence-corrected chi connectivity index (χ3v) is 6.65. The van der Waals surface area contributed by atoms with Gasteiger partial charge in [0, 0.05) is 65.9 Å². The standard InChI is InChI=1S/C26H27F3N7O2P.C2H6O/c1-4-38-39-15-16-5-8-19(9-6-16)33-25-31-13-21(26(27,28)29)23(35-25)34-22-10-7-17(11-20(22)24(37)30-2)18-12-32-36(3)14-18;1-2-3/h5-14,39H,4,15H2,1-3H3,(H,30,37)(H2,31,33,34,35);3H,2H2,1H3. The lowest BCUT2D eigenvalue weighted by Crippen LogP contribution is -2.20. The summed E-state index contributed by atoms with van der Waals surface area (Å²) in [6.45, 7) is 4.52. The summed E-state index contributed by atoms with van der Waals surface area (Å²) in [6.07, 6.45) is 0.149. The Morgan fingerprint density at radius 3 is 2.38 bits per heavy atom. The van der Waals surface area contributed by atoms with Crippen molar-refractivity contribution in [1.29, 1.82) is 0 Å². The van der Waals surface area contributed by atoms with Crippen molar-refractivity contribution < 1.29 is 27.6 Å². The van der Waals surface area contributed by atoms with Crippen LogP contribution >= 0.6 is 8.81 Å². The Morgan fingerprint density at radius 2 is 1.79 bits per heavy atom. The summed E-state index contributed by atoms with van der Waals surface area (Å²) in [5.41, 5.74) is 2.33. The number of rotatable bonds is 10. The number of carbonyl (C=O) groups is 1. The third kappa shape index (κ3) is 8.97. The summed E-state index contributed by atoms with van der Waals surface area (Å²) in [4.78, 5) is 20.6. The Labute approximate surface area is 243 Å². The van der Waals surface area contributed by atoms with Gasteiger partial charge in [0.15, 0.2) is 0 Å². The van der Waals surface area contributed by atoms with Crippen molar-refractivity contribution in [2.45, 2.75) is 26.2 Å². The van der Waals surface area contributed by atoms with Crippen LogP contribution in [-0.2, 0) is 23.9 Å². The number of hydrogen-bond acceptors (Lipinski definition) is 8. The van der Waals surface area contributed by atoms with E-state index in [2.05, 4.69) is 31.0 Å². The van der Waals surface area contributed by atoms with E-state index >= 15 is 0 Å². The van der Waals surface area contributed by atoms with Crippen molar-refractivity contribution in [3.63, 3.8) is 0 Å². The topological polar surface area (TPSA) is 126 Å². The van der Waals surface area contributed by atoms with E-state index in [1.807, 2.05) is 19.1 Å². The summed E-state index contributed by atoms with van der Waals surface area (Å²) >= 11 is 0. The molecule has 2 heterocycles. The van der Waals surface area contributed by atoms with Crippen molar-refractivity contribution in [2.24, 2.45) is 7.05 Å². The highest BCUT2D eigenvalue weighted by Gasteiger charge is 2.35. The second-order valence-corrected chi connectivity index (χ2v) is 9.64. The number of aliphatic hydroxyl groups excluding tert-OH is 1. The predicted octanol–water partition coefficient (Wildman–Crippen LogP) is 5.87. The molecule has 2 aromatic carbocycles. The summed E-state index contributed by atoms with van der Waals surface area (Å²) in [7, 11) is 3.56. The Balaban J connectivity index is 0.00000155. The zero-order valence-corrected chi connectivity index (χ0v) is 24.6. The molecule has 224 valence electrons.